The van der Waals surface area contributed by atoms with Gasteiger partial charge in [-0.25, -0.2) is 0 Å². The summed E-state index contributed by atoms with van der Waals surface area (Å²) in [6.07, 6.45) is 0. The van der Waals surface area contributed by atoms with Gasteiger partial charge >= 0.3 is 0 Å². The topological polar surface area (TPSA) is 22.2 Å². The minimum absolute atomic E-state index is 0.139. The van der Waals surface area contributed by atoms with Crippen LogP contribution in [0, 0.1) is 0 Å². The summed E-state index contributed by atoms with van der Waals surface area (Å²) in [4.78, 5) is 12.4. The standard InChI is InChI=1S/C90H60B2N4OS/c1-8-28-61(29-9-1)63-50-52-70(53-51-63)94(71-43-26-36-66(54-71)62-30-10-2-11-31-62)73-56-83-89-87(58-73)98-86-60-81-78(59-79(86)91(89)76-46-22-24-48-80(76)95(83)69-41-20-7-21-42-69)92-77-47-23-25-49-84(77)97-85-57-72(93(67-37-16-5-17-38-67)68-39-18-6-19-40-68)55-82(88(85)92)96(81)90-74(64-32-12-3-13-33-64)44-27-45-75(90)65-34-14-4-15-35-65/h1-60H. The Hall–Kier alpha value is -12.2. The van der Waals surface area contributed by atoms with Crippen molar-refractivity contribution in [1.29, 1.82) is 0 Å². The van der Waals surface area contributed by atoms with E-state index in [9.17, 15) is 0 Å². The minimum Gasteiger partial charge on any atom is -0.458 e. The van der Waals surface area contributed by atoms with Crippen LogP contribution in [-0.4, -0.2) is 13.4 Å². The monoisotopic (exact) mass is 1270 g/mol. The molecule has 0 saturated heterocycles. The number of nitrogens with zero attached hydrogens (tertiary/aromatic N) is 4. The average molecular weight is 1270 g/mol. The summed E-state index contributed by atoms with van der Waals surface area (Å²) in [5, 5.41) is 0. The highest BCUT2D eigenvalue weighted by Crippen LogP contribution is 2.53. The van der Waals surface area contributed by atoms with Crippen LogP contribution in [0.3, 0.4) is 0 Å². The third kappa shape index (κ3) is 9.66. The predicted octanol–water partition coefficient (Wildman–Crippen LogP) is 20.5. The molecule has 0 fully saturated rings. The number of benzene rings is 15. The lowest BCUT2D eigenvalue weighted by atomic mass is 9.31. The van der Waals surface area contributed by atoms with Crippen LogP contribution in [0.25, 0.3) is 44.5 Å². The zero-order valence-corrected chi connectivity index (χ0v) is 54.2. The molecule has 5 nitrogen and oxygen atoms in total. The molecule has 458 valence electrons. The highest BCUT2D eigenvalue weighted by atomic mass is 32.2. The largest absolute Gasteiger partial charge is 0.458 e. The molecule has 0 unspecified atom stereocenters. The number of anilines is 12. The Morgan fingerprint density at radius 3 is 1.37 bits per heavy atom. The first-order chi connectivity index (χ1) is 48.6. The summed E-state index contributed by atoms with van der Waals surface area (Å²) < 4.78 is 7.42. The van der Waals surface area contributed by atoms with E-state index in [0.717, 1.165) is 118 Å². The molecule has 19 rings (SSSR count). The third-order valence-electron chi connectivity index (χ3n) is 19.9. The van der Waals surface area contributed by atoms with Crippen molar-refractivity contribution in [1.82, 2.24) is 0 Å². The summed E-state index contributed by atoms with van der Waals surface area (Å²) in [5.74, 6) is 1.69. The number of para-hydroxylation sites is 6. The van der Waals surface area contributed by atoms with Crippen molar-refractivity contribution < 1.29 is 4.74 Å². The van der Waals surface area contributed by atoms with Crippen molar-refractivity contribution in [3.05, 3.63) is 364 Å². The second-order valence-corrected chi connectivity index (χ2v) is 26.6. The van der Waals surface area contributed by atoms with E-state index in [-0.39, 0.29) is 13.4 Å². The molecule has 4 aliphatic heterocycles. The molecule has 0 spiro atoms. The van der Waals surface area contributed by atoms with E-state index in [1.54, 1.807) is 0 Å². The lowest BCUT2D eigenvalue weighted by Gasteiger charge is -2.44. The van der Waals surface area contributed by atoms with E-state index < -0.39 is 0 Å². The number of fused-ring (bicyclic) bond motifs is 8. The Kier molecular flexibility index (Phi) is 14.0. The Morgan fingerprint density at radius 1 is 0.255 bits per heavy atom. The molecule has 0 aromatic heterocycles. The molecule has 15 aromatic carbocycles. The predicted molar refractivity (Wildman–Crippen MR) is 413 cm³/mol. The molecule has 4 heterocycles. The molecule has 0 atom stereocenters. The van der Waals surface area contributed by atoms with Crippen molar-refractivity contribution in [3.8, 4) is 56.0 Å². The van der Waals surface area contributed by atoms with Gasteiger partial charge in [-0.05, 0) is 158 Å². The maximum Gasteiger partial charge on any atom is 0.256 e. The second kappa shape index (κ2) is 23.9. The van der Waals surface area contributed by atoms with Gasteiger partial charge in [0.1, 0.15) is 11.5 Å². The van der Waals surface area contributed by atoms with E-state index in [2.05, 4.69) is 384 Å². The number of hydrogen-bond acceptors (Lipinski definition) is 6. The maximum atomic E-state index is 7.42. The Morgan fingerprint density at radius 2 is 0.724 bits per heavy atom. The van der Waals surface area contributed by atoms with Crippen molar-refractivity contribution in [2.75, 3.05) is 19.6 Å². The fourth-order valence-corrected chi connectivity index (χ4v) is 16.8. The summed E-state index contributed by atoms with van der Waals surface area (Å²) >= 11 is 1.90. The van der Waals surface area contributed by atoms with Gasteiger partial charge in [0, 0.05) is 83.9 Å². The van der Waals surface area contributed by atoms with Crippen LogP contribution in [0.4, 0.5) is 68.2 Å². The maximum absolute atomic E-state index is 7.42. The molecule has 0 radical (unpaired) electrons. The van der Waals surface area contributed by atoms with Gasteiger partial charge in [-0.2, -0.15) is 0 Å². The molecule has 4 aliphatic rings. The van der Waals surface area contributed by atoms with Gasteiger partial charge < -0.3 is 24.3 Å². The molecule has 0 amide bonds. The normalized spacial score (nSPS) is 12.7. The molecule has 0 aliphatic carbocycles. The summed E-state index contributed by atoms with van der Waals surface area (Å²) in [6.45, 7) is -0.344. The van der Waals surface area contributed by atoms with Crippen LogP contribution in [0.15, 0.2) is 374 Å². The zero-order valence-electron chi connectivity index (χ0n) is 53.4. The van der Waals surface area contributed by atoms with Gasteiger partial charge in [0.05, 0.1) is 11.4 Å². The molecule has 0 saturated carbocycles. The average Bonchev–Trinajstić information content (AvgIpc) is 0.693. The van der Waals surface area contributed by atoms with Crippen molar-refractivity contribution >= 4 is 126 Å². The highest BCUT2D eigenvalue weighted by molar-refractivity contribution is 8.00. The van der Waals surface area contributed by atoms with Gasteiger partial charge in [-0.3, -0.25) is 0 Å². The van der Waals surface area contributed by atoms with Gasteiger partial charge in [-0.1, -0.05) is 278 Å². The SMILES string of the molecule is c1ccc(-c2ccc(N(c3cccc(-c4ccccc4)c3)c3cc4c5c(c3)N(c3ccccc3)c3ccccc3B5c3cc5c(cc3S4)N(c3c(-c4ccccc4)cccc3-c3ccccc3)c3cc(N(c4ccccc4)c4ccccc4)cc4c3B5c3ccccc3O4)cc2)cc1. The van der Waals surface area contributed by atoms with E-state index in [0.29, 0.717) is 0 Å². The fourth-order valence-electron chi connectivity index (χ4n) is 15.6. The van der Waals surface area contributed by atoms with E-state index in [1.165, 1.54) is 48.3 Å². The molecular formula is C90H60B2N4OS. The lowest BCUT2D eigenvalue weighted by molar-refractivity contribution is 0.487. The third-order valence-corrected chi connectivity index (χ3v) is 21.0. The summed E-state index contributed by atoms with van der Waals surface area (Å²) in [6, 6.07) is 134. The molecule has 15 aromatic rings. The number of hydrogen-bond donors (Lipinski definition) is 0. The van der Waals surface area contributed by atoms with Crippen LogP contribution < -0.4 is 57.1 Å². The molecular weight excluding hydrogens is 1210 g/mol. The molecule has 98 heavy (non-hydrogen) atoms. The van der Waals surface area contributed by atoms with Crippen molar-refractivity contribution in [3.63, 3.8) is 0 Å². The Balaban J connectivity index is 0.894. The quantitative estimate of drug-likeness (QED) is 0.113. The molecule has 0 bridgehead atoms. The summed E-state index contributed by atoms with van der Waals surface area (Å²) in [7, 11) is 0. The smallest absolute Gasteiger partial charge is 0.256 e. The van der Waals surface area contributed by atoms with Gasteiger partial charge in [-0.15, -0.1) is 0 Å². The van der Waals surface area contributed by atoms with Gasteiger partial charge in [0.15, 0.2) is 0 Å². The van der Waals surface area contributed by atoms with Gasteiger partial charge in [0.25, 0.3) is 6.71 Å². The van der Waals surface area contributed by atoms with Crippen molar-refractivity contribution in [2.45, 2.75) is 9.79 Å². The van der Waals surface area contributed by atoms with Crippen LogP contribution in [0.1, 0.15) is 0 Å². The first-order valence-corrected chi connectivity index (χ1v) is 34.4. The summed E-state index contributed by atoms with van der Waals surface area (Å²) in [5.41, 5.74) is 29.4. The molecule has 8 heteroatoms. The van der Waals surface area contributed by atoms with Crippen molar-refractivity contribution in [2.24, 2.45) is 0 Å². The van der Waals surface area contributed by atoms with E-state index in [1.807, 2.05) is 11.8 Å². The van der Waals surface area contributed by atoms with Crippen LogP contribution in [0.2, 0.25) is 0 Å². The lowest BCUT2D eigenvalue weighted by Crippen LogP contribution is -2.63. The Labute approximate surface area is 576 Å². The highest BCUT2D eigenvalue weighted by Gasteiger charge is 2.47. The van der Waals surface area contributed by atoms with Crippen LogP contribution in [-0.2, 0) is 0 Å². The first kappa shape index (κ1) is 57.2. The van der Waals surface area contributed by atoms with E-state index >= 15 is 0 Å². The first-order valence-electron chi connectivity index (χ1n) is 33.6. The Bertz CT molecular complexity index is 5440. The van der Waals surface area contributed by atoms with E-state index in [4.69, 9.17) is 4.74 Å². The molecule has 0 N–H and O–H groups in total. The van der Waals surface area contributed by atoms with Gasteiger partial charge in [0.2, 0.25) is 6.71 Å². The fraction of sp³-hybridized carbons (Fsp3) is 0. The minimum atomic E-state index is -0.206. The zero-order chi connectivity index (χ0) is 64.6. The van der Waals surface area contributed by atoms with Crippen LogP contribution >= 0.6 is 11.8 Å². The number of rotatable bonds is 12. The van der Waals surface area contributed by atoms with Crippen LogP contribution in [0.5, 0.6) is 11.5 Å². The number of ether oxygens (including phenoxy) is 1. The second-order valence-electron chi connectivity index (χ2n) is 25.5.